The number of aliphatic hydroxyl groups is 1. The van der Waals surface area contributed by atoms with Gasteiger partial charge in [-0.25, -0.2) is 0 Å². The minimum absolute atomic E-state index is 0.238. The van der Waals surface area contributed by atoms with Crippen LogP contribution in [0.2, 0.25) is 0 Å². The lowest BCUT2D eigenvalue weighted by atomic mass is 10.4. The number of hydrogen-bond acceptors (Lipinski definition) is 5. The van der Waals surface area contributed by atoms with Crippen molar-refractivity contribution in [2.24, 2.45) is 0 Å². The number of nitrogens with zero attached hydrogens (tertiary/aromatic N) is 2. The maximum atomic E-state index is 8.46. The van der Waals surface area contributed by atoms with Crippen molar-refractivity contribution >= 4 is 11.7 Å². The second-order valence-electron chi connectivity index (χ2n) is 2.15. The summed E-state index contributed by atoms with van der Waals surface area (Å²) in [5.41, 5.74) is 0.966. The van der Waals surface area contributed by atoms with Crippen LogP contribution in [0.4, 0.5) is 0 Å². The summed E-state index contributed by atoms with van der Waals surface area (Å²) in [5.74, 6) is 0. The summed E-state index contributed by atoms with van der Waals surface area (Å²) in [7, 11) is 0. The van der Waals surface area contributed by atoms with Gasteiger partial charge < -0.3 is 10.4 Å². The molecule has 0 radical (unpaired) electrons. The quantitative estimate of drug-likeness (QED) is 0.616. The maximum absolute atomic E-state index is 8.46. The maximum Gasteiger partial charge on any atom is 0.0880 e. The summed E-state index contributed by atoms with van der Waals surface area (Å²) in [6.07, 6.45) is 2.54. The molecule has 0 bridgehead atoms. The average molecular weight is 173 g/mol. The Morgan fingerprint density at radius 1 is 1.64 bits per heavy atom. The average Bonchev–Trinajstić information content (AvgIpc) is 2.50. The molecule has 4 nitrogen and oxygen atoms in total. The molecule has 11 heavy (non-hydrogen) atoms. The predicted octanol–water partition coefficient (Wildman–Crippen LogP) is 0.0101. The molecule has 0 saturated carbocycles. The summed E-state index contributed by atoms with van der Waals surface area (Å²) in [5, 5.41) is 11.6. The van der Waals surface area contributed by atoms with Gasteiger partial charge in [0.2, 0.25) is 0 Å². The second-order valence-corrected chi connectivity index (χ2v) is 2.71. The Bertz CT molecular complexity index is 178. The molecule has 0 fully saturated rings. The first-order valence-corrected chi connectivity index (χ1v) is 4.24. The molecular formula is C6H11N3OS. The van der Waals surface area contributed by atoms with E-state index in [0.717, 1.165) is 25.2 Å². The Balaban J connectivity index is 2.04. The van der Waals surface area contributed by atoms with Crippen molar-refractivity contribution < 1.29 is 5.11 Å². The third-order valence-corrected chi connectivity index (χ3v) is 1.74. The molecule has 1 rings (SSSR count). The van der Waals surface area contributed by atoms with Crippen molar-refractivity contribution in [1.82, 2.24) is 14.1 Å². The van der Waals surface area contributed by atoms with Crippen LogP contribution in [0.1, 0.15) is 12.1 Å². The van der Waals surface area contributed by atoms with Crippen LogP contribution in [0.5, 0.6) is 0 Å². The van der Waals surface area contributed by atoms with Crippen molar-refractivity contribution in [2.45, 2.75) is 13.0 Å². The first-order chi connectivity index (χ1) is 5.43. The number of aliphatic hydroxyl groups excluding tert-OH is 1. The van der Waals surface area contributed by atoms with Crippen LogP contribution in [-0.2, 0) is 6.54 Å². The fraction of sp³-hybridized carbons (Fsp3) is 0.667. The summed E-state index contributed by atoms with van der Waals surface area (Å²) in [6, 6.07) is 0. The van der Waals surface area contributed by atoms with Crippen LogP contribution in [0.15, 0.2) is 6.20 Å². The predicted molar refractivity (Wildman–Crippen MR) is 43.3 cm³/mol. The number of rotatable bonds is 5. The van der Waals surface area contributed by atoms with E-state index in [1.807, 2.05) is 0 Å². The molecular weight excluding hydrogens is 162 g/mol. The van der Waals surface area contributed by atoms with Crippen LogP contribution >= 0.6 is 11.7 Å². The molecule has 62 valence electrons. The summed E-state index contributed by atoms with van der Waals surface area (Å²) in [6.45, 7) is 1.81. The molecule has 0 aromatic carbocycles. The summed E-state index contributed by atoms with van der Waals surface area (Å²) in [4.78, 5) is 0. The highest BCUT2D eigenvalue weighted by Crippen LogP contribution is 1.93. The molecule has 1 aromatic rings. The zero-order chi connectivity index (χ0) is 7.94. The monoisotopic (exact) mass is 173 g/mol. The zero-order valence-electron chi connectivity index (χ0n) is 6.16. The van der Waals surface area contributed by atoms with Gasteiger partial charge in [-0.15, -0.1) is 0 Å². The topological polar surface area (TPSA) is 58.0 Å². The molecule has 0 aliphatic heterocycles. The molecule has 0 aliphatic carbocycles. The first-order valence-electron chi connectivity index (χ1n) is 3.51. The highest BCUT2D eigenvalue weighted by molar-refractivity contribution is 6.99. The molecule has 0 amide bonds. The van der Waals surface area contributed by atoms with Crippen LogP contribution in [0.3, 0.4) is 0 Å². The van der Waals surface area contributed by atoms with Crippen molar-refractivity contribution in [1.29, 1.82) is 0 Å². The van der Waals surface area contributed by atoms with Crippen molar-refractivity contribution in [3.8, 4) is 0 Å². The lowest BCUT2D eigenvalue weighted by molar-refractivity contribution is 0.286. The van der Waals surface area contributed by atoms with Crippen LogP contribution < -0.4 is 5.32 Å². The van der Waals surface area contributed by atoms with E-state index in [0.29, 0.717) is 0 Å². The van der Waals surface area contributed by atoms with E-state index in [9.17, 15) is 0 Å². The minimum atomic E-state index is 0.238. The Labute approximate surface area is 69.6 Å². The molecule has 2 N–H and O–H groups in total. The number of nitrogens with one attached hydrogen (secondary N) is 1. The standard InChI is InChI=1S/C6H11N3OS/c10-3-1-2-7-4-6-5-8-11-9-6/h5,7,10H,1-4H2. The van der Waals surface area contributed by atoms with Gasteiger partial charge in [0.05, 0.1) is 23.6 Å². The van der Waals surface area contributed by atoms with E-state index >= 15 is 0 Å². The zero-order valence-corrected chi connectivity index (χ0v) is 6.97. The van der Waals surface area contributed by atoms with Gasteiger partial charge >= 0.3 is 0 Å². The lowest BCUT2D eigenvalue weighted by Crippen LogP contribution is -2.15. The van der Waals surface area contributed by atoms with Gasteiger partial charge in [0.25, 0.3) is 0 Å². The fourth-order valence-corrected chi connectivity index (χ4v) is 1.11. The van der Waals surface area contributed by atoms with E-state index < -0.39 is 0 Å². The van der Waals surface area contributed by atoms with Crippen LogP contribution in [0, 0.1) is 0 Å². The largest absolute Gasteiger partial charge is 0.396 e. The highest BCUT2D eigenvalue weighted by atomic mass is 32.1. The van der Waals surface area contributed by atoms with Gasteiger partial charge in [-0.3, -0.25) is 0 Å². The first kappa shape index (κ1) is 8.58. The lowest BCUT2D eigenvalue weighted by Gasteiger charge is -1.98. The third kappa shape index (κ3) is 3.41. The van der Waals surface area contributed by atoms with Gasteiger partial charge in [-0.05, 0) is 13.0 Å². The Morgan fingerprint density at radius 3 is 3.18 bits per heavy atom. The van der Waals surface area contributed by atoms with E-state index in [1.54, 1.807) is 6.20 Å². The Morgan fingerprint density at radius 2 is 2.55 bits per heavy atom. The Kier molecular flexibility index (Phi) is 4.03. The normalized spacial score (nSPS) is 10.3. The van der Waals surface area contributed by atoms with E-state index in [-0.39, 0.29) is 6.61 Å². The molecule has 0 saturated heterocycles. The van der Waals surface area contributed by atoms with Gasteiger partial charge in [0.1, 0.15) is 0 Å². The molecule has 0 aliphatic rings. The third-order valence-electron chi connectivity index (χ3n) is 1.22. The number of hydrogen-bond donors (Lipinski definition) is 2. The van der Waals surface area contributed by atoms with E-state index in [2.05, 4.69) is 14.1 Å². The summed E-state index contributed by atoms with van der Waals surface area (Å²) < 4.78 is 7.88. The molecule has 1 heterocycles. The van der Waals surface area contributed by atoms with Crippen molar-refractivity contribution in [2.75, 3.05) is 13.2 Å². The van der Waals surface area contributed by atoms with Crippen LogP contribution in [-0.4, -0.2) is 27.0 Å². The van der Waals surface area contributed by atoms with Crippen molar-refractivity contribution in [3.05, 3.63) is 11.9 Å². The summed E-state index contributed by atoms with van der Waals surface area (Å²) >= 11 is 1.21. The van der Waals surface area contributed by atoms with Gasteiger partial charge in [-0.2, -0.15) is 8.75 Å². The molecule has 1 aromatic heterocycles. The van der Waals surface area contributed by atoms with Gasteiger partial charge in [0.15, 0.2) is 0 Å². The van der Waals surface area contributed by atoms with E-state index in [1.165, 1.54) is 11.7 Å². The fourth-order valence-electron chi connectivity index (χ4n) is 0.682. The Hall–Kier alpha value is -0.520. The molecule has 0 spiro atoms. The highest BCUT2D eigenvalue weighted by Gasteiger charge is 1.93. The second kappa shape index (κ2) is 5.17. The smallest absolute Gasteiger partial charge is 0.0880 e. The van der Waals surface area contributed by atoms with Crippen LogP contribution in [0.25, 0.3) is 0 Å². The van der Waals surface area contributed by atoms with Crippen molar-refractivity contribution in [3.63, 3.8) is 0 Å². The number of aromatic nitrogens is 2. The van der Waals surface area contributed by atoms with Gasteiger partial charge in [0, 0.05) is 13.2 Å². The van der Waals surface area contributed by atoms with Gasteiger partial charge in [-0.1, -0.05) is 0 Å². The molecule has 0 unspecified atom stereocenters. The SMILES string of the molecule is OCCCNCc1cnsn1. The molecule has 0 atom stereocenters. The molecule has 5 heteroatoms. The minimum Gasteiger partial charge on any atom is -0.396 e. The van der Waals surface area contributed by atoms with E-state index in [4.69, 9.17) is 5.11 Å².